The summed E-state index contributed by atoms with van der Waals surface area (Å²) in [5, 5.41) is 21.1. The summed E-state index contributed by atoms with van der Waals surface area (Å²) in [6.07, 6.45) is 6.26. The Bertz CT molecular complexity index is 1210. The van der Waals surface area contributed by atoms with Crippen LogP contribution in [-0.4, -0.2) is 73.6 Å². The molecule has 6 aliphatic rings. The van der Waals surface area contributed by atoms with Gasteiger partial charge in [-0.25, -0.2) is 0 Å². The number of epoxide rings is 2. The van der Waals surface area contributed by atoms with Gasteiger partial charge in [0.2, 0.25) is 0 Å². The Morgan fingerprint density at radius 3 is 1.42 bits per heavy atom. The van der Waals surface area contributed by atoms with Crippen molar-refractivity contribution >= 4 is 0 Å². The molecule has 2 aliphatic heterocycles. The van der Waals surface area contributed by atoms with Crippen molar-refractivity contribution in [1.82, 2.24) is 0 Å². The zero-order chi connectivity index (χ0) is 30.7. The number of ether oxygens (including phenoxy) is 6. The van der Waals surface area contributed by atoms with Crippen LogP contribution in [0.25, 0.3) is 0 Å². The van der Waals surface area contributed by atoms with Gasteiger partial charge in [-0.15, -0.1) is 0 Å². The first-order valence-electron chi connectivity index (χ1n) is 17.2. The Balaban J connectivity index is 0.727. The van der Waals surface area contributed by atoms with Crippen molar-refractivity contribution in [3.63, 3.8) is 0 Å². The van der Waals surface area contributed by atoms with Gasteiger partial charge in [-0.2, -0.15) is 0 Å². The first kappa shape index (κ1) is 30.2. The molecular formula is C37H48O8. The fraction of sp³-hybridized carbons (Fsp3) is 0.676. The van der Waals surface area contributed by atoms with E-state index in [1.807, 2.05) is 24.3 Å². The van der Waals surface area contributed by atoms with Gasteiger partial charge in [0.05, 0.1) is 50.8 Å². The van der Waals surface area contributed by atoms with E-state index in [0.29, 0.717) is 74.5 Å². The molecule has 0 aromatic heterocycles. The Kier molecular flexibility index (Phi) is 8.11. The molecule has 2 N–H and O–H groups in total. The van der Waals surface area contributed by atoms with Gasteiger partial charge in [-0.05, 0) is 84.7 Å². The van der Waals surface area contributed by atoms with Crippen LogP contribution in [0, 0.1) is 35.5 Å². The third-order valence-electron chi connectivity index (χ3n) is 11.9. The normalized spacial score (nSPS) is 36.4. The minimum Gasteiger partial charge on any atom is -0.494 e. The molecule has 8 rings (SSSR count). The summed E-state index contributed by atoms with van der Waals surface area (Å²) in [5.41, 5.74) is 2.23. The third-order valence-corrected chi connectivity index (χ3v) is 11.9. The summed E-state index contributed by atoms with van der Waals surface area (Å²) in [4.78, 5) is 0. The van der Waals surface area contributed by atoms with Crippen LogP contribution in [0.4, 0.5) is 0 Å². The molecule has 45 heavy (non-hydrogen) atoms. The van der Waals surface area contributed by atoms with Crippen molar-refractivity contribution in [1.29, 1.82) is 0 Å². The van der Waals surface area contributed by atoms with E-state index < -0.39 is 12.6 Å². The molecule has 0 amide bonds. The zero-order valence-electron chi connectivity index (χ0n) is 26.5. The number of hydrogen-bond donors (Lipinski definition) is 2. The summed E-state index contributed by atoms with van der Waals surface area (Å²) in [6.45, 7) is 6.52. The van der Waals surface area contributed by atoms with E-state index in [-0.39, 0.29) is 17.3 Å². The third kappa shape index (κ3) is 5.92. The molecule has 2 heterocycles. The van der Waals surface area contributed by atoms with Gasteiger partial charge in [0.15, 0.2) is 12.6 Å². The quantitative estimate of drug-likeness (QED) is 0.153. The summed E-state index contributed by atoms with van der Waals surface area (Å²) in [6, 6.07) is 16.6. The second-order valence-corrected chi connectivity index (χ2v) is 14.8. The van der Waals surface area contributed by atoms with Gasteiger partial charge in [0.25, 0.3) is 0 Å². The molecule has 4 aliphatic carbocycles. The lowest BCUT2D eigenvalue weighted by Gasteiger charge is -2.26. The van der Waals surface area contributed by atoms with Crippen molar-refractivity contribution in [3.8, 4) is 11.5 Å². The highest BCUT2D eigenvalue weighted by Gasteiger charge is 2.65. The second kappa shape index (κ2) is 12.1. The Morgan fingerprint density at radius 1 is 0.622 bits per heavy atom. The molecule has 8 heteroatoms. The van der Waals surface area contributed by atoms with Crippen molar-refractivity contribution in [2.75, 3.05) is 26.4 Å². The monoisotopic (exact) mass is 620 g/mol. The average Bonchev–Trinajstić information content (AvgIpc) is 3.88. The number of fused-ring (bicyclic) bond motifs is 10. The minimum absolute atomic E-state index is 0.179. The Morgan fingerprint density at radius 2 is 1.04 bits per heavy atom. The Hall–Kier alpha value is -2.20. The molecular weight excluding hydrogens is 572 g/mol. The van der Waals surface area contributed by atoms with E-state index in [2.05, 4.69) is 38.1 Å². The van der Waals surface area contributed by atoms with E-state index in [0.717, 1.165) is 37.2 Å². The van der Waals surface area contributed by atoms with Crippen molar-refractivity contribution < 1.29 is 38.6 Å². The first-order valence-corrected chi connectivity index (χ1v) is 17.2. The van der Waals surface area contributed by atoms with Crippen LogP contribution in [0.3, 0.4) is 0 Å². The molecule has 2 aromatic rings. The highest BCUT2D eigenvalue weighted by atomic mass is 16.6. The maximum Gasteiger partial charge on any atom is 0.157 e. The van der Waals surface area contributed by atoms with Crippen molar-refractivity contribution in [3.05, 3.63) is 59.7 Å². The molecule has 8 nitrogen and oxygen atoms in total. The van der Waals surface area contributed by atoms with Gasteiger partial charge in [-0.1, -0.05) is 38.1 Å². The summed E-state index contributed by atoms with van der Waals surface area (Å²) >= 11 is 0. The van der Waals surface area contributed by atoms with Crippen LogP contribution in [0.1, 0.15) is 63.5 Å². The fourth-order valence-corrected chi connectivity index (χ4v) is 9.21. The zero-order valence-corrected chi connectivity index (χ0v) is 26.5. The van der Waals surface area contributed by atoms with Crippen molar-refractivity contribution in [2.24, 2.45) is 35.5 Å². The topological polar surface area (TPSA) is 102 Å². The summed E-state index contributed by atoms with van der Waals surface area (Å²) in [5.74, 6) is 4.35. The lowest BCUT2D eigenvalue weighted by molar-refractivity contribution is -0.146. The highest BCUT2D eigenvalue weighted by Crippen LogP contribution is 2.60. The largest absolute Gasteiger partial charge is 0.494 e. The molecule has 244 valence electrons. The summed E-state index contributed by atoms with van der Waals surface area (Å²) in [7, 11) is 0. The molecule has 12 atom stereocenters. The van der Waals surface area contributed by atoms with Crippen LogP contribution in [-0.2, 0) is 24.4 Å². The molecule has 0 radical (unpaired) electrons. The van der Waals surface area contributed by atoms with Crippen LogP contribution in [0.15, 0.2) is 48.5 Å². The van der Waals surface area contributed by atoms with Crippen LogP contribution >= 0.6 is 0 Å². The maximum atomic E-state index is 10.5. The first-order chi connectivity index (χ1) is 21.9. The van der Waals surface area contributed by atoms with Gasteiger partial charge in [-0.3, -0.25) is 0 Å². The van der Waals surface area contributed by atoms with Crippen LogP contribution < -0.4 is 9.47 Å². The molecule has 4 saturated carbocycles. The molecule has 0 spiro atoms. The fourth-order valence-electron chi connectivity index (χ4n) is 9.21. The van der Waals surface area contributed by atoms with E-state index in [4.69, 9.17) is 28.4 Å². The van der Waals surface area contributed by atoms with Gasteiger partial charge in [0, 0.05) is 30.1 Å². The maximum absolute atomic E-state index is 10.5. The number of rotatable bonds is 16. The molecule has 2 saturated heterocycles. The number of aliphatic hydroxyl groups is 2. The van der Waals surface area contributed by atoms with E-state index >= 15 is 0 Å². The van der Waals surface area contributed by atoms with Gasteiger partial charge in [0.1, 0.15) is 11.5 Å². The SMILES string of the molecule is CC(C)(c1ccc(OCCCOC(O)C2CC3CC2C2OC32)cc1)c1ccc(OCCCOC(O)C2CC3CC2C2OC32)cc1. The second-order valence-electron chi connectivity index (χ2n) is 14.8. The minimum atomic E-state index is -0.690. The molecule has 2 aromatic carbocycles. The van der Waals surface area contributed by atoms with E-state index in [1.54, 1.807) is 0 Å². The van der Waals surface area contributed by atoms with Gasteiger partial charge >= 0.3 is 0 Å². The number of hydrogen-bond acceptors (Lipinski definition) is 8. The lowest BCUT2D eigenvalue weighted by atomic mass is 9.78. The number of benzene rings is 2. The average molecular weight is 621 g/mol. The van der Waals surface area contributed by atoms with Crippen LogP contribution in [0.5, 0.6) is 11.5 Å². The van der Waals surface area contributed by atoms with Crippen LogP contribution in [0.2, 0.25) is 0 Å². The van der Waals surface area contributed by atoms with Gasteiger partial charge < -0.3 is 38.6 Å². The number of aliphatic hydroxyl groups excluding tert-OH is 2. The van der Waals surface area contributed by atoms with E-state index in [9.17, 15) is 10.2 Å². The van der Waals surface area contributed by atoms with E-state index in [1.165, 1.54) is 24.0 Å². The molecule has 4 bridgehead atoms. The molecule has 12 unspecified atom stereocenters. The highest BCUT2D eigenvalue weighted by molar-refractivity contribution is 5.41. The smallest absolute Gasteiger partial charge is 0.157 e. The summed E-state index contributed by atoms with van der Waals surface area (Å²) < 4.78 is 34.9. The lowest BCUT2D eigenvalue weighted by Crippen LogP contribution is -2.31. The predicted molar refractivity (Wildman–Crippen MR) is 166 cm³/mol. The van der Waals surface area contributed by atoms with Crippen molar-refractivity contribution in [2.45, 2.75) is 94.8 Å². The molecule has 6 fully saturated rings. The Labute approximate surface area is 266 Å². The standard InChI is InChI=1S/C37H48O8/c1-37(2,23-5-9-25(10-6-23)40-13-3-15-42-35(38)29-19-21-17-27(29)33-31(21)44-33)24-7-11-26(12-8-24)41-14-4-16-43-36(39)30-20-22-18-28(30)34-32(22)45-34/h5-12,21-22,27-36,38-39H,3-4,13-20H2,1-2H3. The predicted octanol–water partition coefficient (Wildman–Crippen LogP) is 5.07.